The summed E-state index contributed by atoms with van der Waals surface area (Å²) in [5.74, 6) is -1.87. The largest absolute Gasteiger partial charge is 0.466 e. The summed E-state index contributed by atoms with van der Waals surface area (Å²) in [6.07, 6.45) is 0. The minimum Gasteiger partial charge on any atom is -0.466 e. The van der Waals surface area contributed by atoms with E-state index in [-0.39, 0.29) is 37.0 Å². The van der Waals surface area contributed by atoms with Crippen molar-refractivity contribution in [2.75, 3.05) is 39.1 Å². The van der Waals surface area contributed by atoms with Gasteiger partial charge in [0.05, 0.1) is 44.0 Å². The van der Waals surface area contributed by atoms with E-state index >= 15 is 0 Å². The number of hydrogen-bond acceptors (Lipinski definition) is 9. The number of H-pyrrole nitrogens is 1. The molecule has 3 rings (SSSR count). The smallest absolute Gasteiger partial charge is 0.374 e. The maximum Gasteiger partial charge on any atom is 0.374 e. The third kappa shape index (κ3) is 3.54. The van der Waals surface area contributed by atoms with E-state index in [4.69, 9.17) is 18.9 Å². The summed E-state index contributed by atoms with van der Waals surface area (Å²) >= 11 is 0. The minimum absolute atomic E-state index is 0.0231. The minimum atomic E-state index is -0.694. The number of carbonyl (C=O) groups excluding carboxylic acids is 3. The molecule has 1 aliphatic heterocycles. The van der Waals surface area contributed by atoms with Crippen LogP contribution in [-0.2, 0) is 28.5 Å². The molecule has 0 saturated heterocycles. The maximum atomic E-state index is 12.3. The summed E-state index contributed by atoms with van der Waals surface area (Å²) in [6, 6.07) is 5.04. The van der Waals surface area contributed by atoms with Crippen molar-refractivity contribution in [3.8, 4) is 0 Å². The van der Waals surface area contributed by atoms with E-state index in [1.165, 1.54) is 19.1 Å². The van der Waals surface area contributed by atoms with Crippen molar-refractivity contribution in [3.63, 3.8) is 0 Å². The van der Waals surface area contributed by atoms with E-state index < -0.39 is 17.9 Å². The van der Waals surface area contributed by atoms with Gasteiger partial charge in [-0.15, -0.1) is 0 Å². The van der Waals surface area contributed by atoms with E-state index in [0.717, 1.165) is 0 Å². The van der Waals surface area contributed by atoms with Crippen LogP contribution in [0.2, 0.25) is 0 Å². The van der Waals surface area contributed by atoms with Gasteiger partial charge in [0.15, 0.2) is 0 Å². The molecule has 28 heavy (non-hydrogen) atoms. The number of ether oxygens (including phenoxy) is 4. The zero-order valence-corrected chi connectivity index (χ0v) is 15.6. The molecule has 10 nitrogen and oxygen atoms in total. The molecule has 148 valence electrons. The van der Waals surface area contributed by atoms with Gasteiger partial charge in [-0.2, -0.15) is 0 Å². The van der Waals surface area contributed by atoms with E-state index in [2.05, 4.69) is 9.97 Å². The van der Waals surface area contributed by atoms with Gasteiger partial charge in [-0.05, 0) is 25.1 Å². The van der Waals surface area contributed by atoms with Crippen molar-refractivity contribution < 1.29 is 33.3 Å². The average molecular weight is 389 g/mol. The molecule has 0 aliphatic carbocycles. The van der Waals surface area contributed by atoms with Crippen LogP contribution >= 0.6 is 0 Å². The molecule has 0 bridgehead atoms. The molecule has 0 atom stereocenters. The highest BCUT2D eigenvalue weighted by Gasteiger charge is 2.32. The van der Waals surface area contributed by atoms with Crippen LogP contribution < -0.4 is 4.90 Å². The van der Waals surface area contributed by atoms with Gasteiger partial charge in [-0.3, -0.25) is 0 Å². The van der Waals surface area contributed by atoms with E-state index in [1.54, 1.807) is 25.1 Å². The van der Waals surface area contributed by atoms with Crippen molar-refractivity contribution in [2.24, 2.45) is 0 Å². The SMILES string of the molecule is CCOC(=O)c1nc2ccc(N3COCC(C(=O)OC)=C3C(=O)OC)cc2[nH]1. The Bertz CT molecular complexity index is 963. The molecule has 10 heteroatoms. The van der Waals surface area contributed by atoms with Gasteiger partial charge in [-0.25, -0.2) is 19.4 Å². The third-order valence-corrected chi connectivity index (χ3v) is 4.08. The van der Waals surface area contributed by atoms with Gasteiger partial charge in [0.25, 0.3) is 0 Å². The number of benzene rings is 1. The van der Waals surface area contributed by atoms with Crippen molar-refractivity contribution in [3.05, 3.63) is 35.3 Å². The second kappa shape index (κ2) is 8.09. The molecular formula is C18H19N3O7. The molecule has 0 spiro atoms. The molecule has 1 aromatic carbocycles. The molecule has 0 saturated carbocycles. The fourth-order valence-corrected chi connectivity index (χ4v) is 2.81. The first-order valence-corrected chi connectivity index (χ1v) is 8.42. The summed E-state index contributed by atoms with van der Waals surface area (Å²) in [7, 11) is 2.44. The summed E-state index contributed by atoms with van der Waals surface area (Å²) in [6.45, 7) is 1.88. The number of methoxy groups -OCH3 is 2. The molecule has 1 aliphatic rings. The number of imidazole rings is 1. The number of aromatic amines is 1. The Morgan fingerprint density at radius 2 is 1.93 bits per heavy atom. The van der Waals surface area contributed by atoms with Crippen LogP contribution in [0.15, 0.2) is 29.5 Å². The highest BCUT2D eigenvalue weighted by Crippen LogP contribution is 2.29. The number of anilines is 1. The lowest BCUT2D eigenvalue weighted by atomic mass is 10.1. The zero-order chi connectivity index (χ0) is 20.3. The quantitative estimate of drug-likeness (QED) is 0.593. The highest BCUT2D eigenvalue weighted by atomic mass is 16.5. The zero-order valence-electron chi connectivity index (χ0n) is 15.6. The number of fused-ring (bicyclic) bond motifs is 1. The van der Waals surface area contributed by atoms with Crippen LogP contribution in [-0.4, -0.2) is 62.0 Å². The lowest BCUT2D eigenvalue weighted by Gasteiger charge is -2.31. The van der Waals surface area contributed by atoms with Crippen LogP contribution in [0, 0.1) is 0 Å². The first-order chi connectivity index (χ1) is 13.5. The number of carbonyl (C=O) groups is 3. The number of rotatable bonds is 5. The van der Waals surface area contributed by atoms with E-state index in [9.17, 15) is 14.4 Å². The van der Waals surface area contributed by atoms with E-state index in [0.29, 0.717) is 16.7 Å². The first kappa shape index (κ1) is 19.4. The van der Waals surface area contributed by atoms with Crippen LogP contribution in [0.4, 0.5) is 5.69 Å². The second-order valence-electron chi connectivity index (χ2n) is 5.72. The Labute approximate surface area is 160 Å². The number of aromatic nitrogens is 2. The Morgan fingerprint density at radius 1 is 1.18 bits per heavy atom. The molecule has 0 amide bonds. The lowest BCUT2D eigenvalue weighted by Crippen LogP contribution is -2.38. The molecular weight excluding hydrogens is 370 g/mol. The van der Waals surface area contributed by atoms with Crippen molar-refractivity contribution >= 4 is 34.6 Å². The summed E-state index contributed by atoms with van der Waals surface area (Å²) in [5, 5.41) is 0. The van der Waals surface area contributed by atoms with Crippen molar-refractivity contribution in [2.45, 2.75) is 6.92 Å². The maximum absolute atomic E-state index is 12.3. The molecule has 1 aromatic heterocycles. The molecule has 1 N–H and O–H groups in total. The predicted octanol–water partition coefficient (Wildman–Crippen LogP) is 1.13. The molecule has 0 unspecified atom stereocenters. The number of nitrogens with zero attached hydrogens (tertiary/aromatic N) is 2. The Morgan fingerprint density at radius 3 is 2.61 bits per heavy atom. The fraction of sp³-hybridized carbons (Fsp3) is 0.333. The van der Waals surface area contributed by atoms with Crippen LogP contribution in [0.3, 0.4) is 0 Å². The standard InChI is InChI=1S/C18H19N3O7/c1-4-28-18(24)15-19-12-6-5-10(7-13(12)20-15)21-9-27-8-11(16(22)25-2)14(21)17(23)26-3/h5-7H,4,8-9H2,1-3H3,(H,19,20). The van der Waals surface area contributed by atoms with Gasteiger partial charge < -0.3 is 28.8 Å². The number of esters is 3. The van der Waals surface area contributed by atoms with Gasteiger partial charge in [-0.1, -0.05) is 0 Å². The predicted molar refractivity (Wildman–Crippen MR) is 96.4 cm³/mol. The van der Waals surface area contributed by atoms with Crippen molar-refractivity contribution in [1.29, 1.82) is 0 Å². The molecule has 0 fully saturated rings. The van der Waals surface area contributed by atoms with Crippen LogP contribution in [0.25, 0.3) is 11.0 Å². The van der Waals surface area contributed by atoms with Gasteiger partial charge >= 0.3 is 17.9 Å². The lowest BCUT2D eigenvalue weighted by molar-refractivity contribution is -0.140. The Balaban J connectivity index is 2.05. The fourth-order valence-electron chi connectivity index (χ4n) is 2.81. The normalized spacial score (nSPS) is 14.2. The summed E-state index contributed by atoms with van der Waals surface area (Å²) in [4.78, 5) is 44.8. The van der Waals surface area contributed by atoms with Gasteiger partial charge in [0.1, 0.15) is 12.4 Å². The van der Waals surface area contributed by atoms with Gasteiger partial charge in [0, 0.05) is 5.69 Å². The highest BCUT2D eigenvalue weighted by molar-refractivity contribution is 6.03. The van der Waals surface area contributed by atoms with Crippen LogP contribution in [0.5, 0.6) is 0 Å². The molecule has 2 aromatic rings. The van der Waals surface area contributed by atoms with Gasteiger partial charge in [0.2, 0.25) is 5.82 Å². The number of hydrogen-bond donors (Lipinski definition) is 1. The van der Waals surface area contributed by atoms with Crippen molar-refractivity contribution in [1.82, 2.24) is 9.97 Å². The topological polar surface area (TPSA) is 120 Å². The number of nitrogens with one attached hydrogen (secondary N) is 1. The average Bonchev–Trinajstić information content (AvgIpc) is 3.15. The monoisotopic (exact) mass is 389 g/mol. The first-order valence-electron chi connectivity index (χ1n) is 8.42. The summed E-state index contributed by atoms with van der Waals surface area (Å²) < 4.78 is 20.0. The summed E-state index contributed by atoms with van der Waals surface area (Å²) in [5.41, 5.74) is 1.71. The third-order valence-electron chi connectivity index (χ3n) is 4.08. The Kier molecular flexibility index (Phi) is 5.59. The Hall–Kier alpha value is -3.40. The van der Waals surface area contributed by atoms with Crippen LogP contribution in [0.1, 0.15) is 17.5 Å². The van der Waals surface area contributed by atoms with E-state index in [1.807, 2.05) is 0 Å². The molecule has 2 heterocycles. The second-order valence-corrected chi connectivity index (χ2v) is 5.72. The molecule has 0 radical (unpaired) electrons.